The second-order valence-corrected chi connectivity index (χ2v) is 16.5. The highest BCUT2D eigenvalue weighted by Crippen LogP contribution is 2.13. The van der Waals surface area contributed by atoms with E-state index in [1.54, 1.807) is 25.7 Å². The molecule has 22 nitrogen and oxygen atoms in total. The summed E-state index contributed by atoms with van der Waals surface area (Å²) in [6, 6.07) is -1.03. The summed E-state index contributed by atoms with van der Waals surface area (Å²) in [5.74, 6) is -1.96. The summed E-state index contributed by atoms with van der Waals surface area (Å²) < 4.78 is 78.1. The van der Waals surface area contributed by atoms with Gasteiger partial charge in [-0.05, 0) is 40.0 Å². The Hall–Kier alpha value is -3.23. The second-order valence-electron chi connectivity index (χ2n) is 16.5. The molecule has 0 aromatic heterocycles. The largest absolute Gasteiger partial charge is 0.460 e. The van der Waals surface area contributed by atoms with E-state index in [-0.39, 0.29) is 83.0 Å². The highest BCUT2D eigenvalue weighted by atomic mass is 16.6. The number of carbonyl (C=O) groups is 5. The van der Waals surface area contributed by atoms with Gasteiger partial charge in [-0.1, -0.05) is 6.42 Å². The van der Waals surface area contributed by atoms with E-state index in [1.807, 2.05) is 0 Å². The Balaban J connectivity index is 1.88. The molecule has 0 unspecified atom stereocenters. The molecule has 0 bridgehead atoms. The summed E-state index contributed by atoms with van der Waals surface area (Å²) in [6.45, 7) is 16.1. The van der Waals surface area contributed by atoms with Crippen LogP contribution >= 0.6 is 0 Å². The minimum absolute atomic E-state index is 0.0131. The maximum Gasteiger partial charge on any atom is 0.306 e. The monoisotopic (exact) mass is 994 g/mol. The van der Waals surface area contributed by atoms with Gasteiger partial charge in [-0.15, -0.1) is 0 Å². The fourth-order valence-electron chi connectivity index (χ4n) is 6.21. The number of hydrogen-bond acceptors (Lipinski definition) is 19. The molecule has 4 amide bonds. The zero-order valence-corrected chi connectivity index (χ0v) is 41.6. The summed E-state index contributed by atoms with van der Waals surface area (Å²) >= 11 is 0. The van der Waals surface area contributed by atoms with Crippen LogP contribution in [0.3, 0.4) is 0 Å². The van der Waals surface area contributed by atoms with Gasteiger partial charge in [0.15, 0.2) is 0 Å². The SMILES string of the molecule is CC(C)(C)OC(=O)CC[C@H](NC(=O)CCCCCN1C(=O)C=CC1=O)C(=O)N1CCOCCOCCOCCOCCOCCOCCOCCOCCOCCOCCOCCOCCOCC1. The second kappa shape index (κ2) is 42.5. The number of carbonyl (C=O) groups excluding carboxylic acids is 5. The lowest BCUT2D eigenvalue weighted by Gasteiger charge is -2.28. The van der Waals surface area contributed by atoms with Gasteiger partial charge in [-0.3, -0.25) is 28.9 Å². The van der Waals surface area contributed by atoms with Crippen molar-refractivity contribution in [3.8, 4) is 0 Å². The van der Waals surface area contributed by atoms with Crippen molar-refractivity contribution >= 4 is 29.6 Å². The molecule has 2 aliphatic heterocycles. The lowest BCUT2D eigenvalue weighted by Crippen LogP contribution is -2.50. The van der Waals surface area contributed by atoms with Crippen LogP contribution in [-0.4, -0.2) is 242 Å². The molecule has 22 heteroatoms. The summed E-state index contributed by atoms with van der Waals surface area (Å²) in [7, 11) is 0. The van der Waals surface area contributed by atoms with Crippen LogP contribution < -0.4 is 5.32 Å². The maximum absolute atomic E-state index is 14.2. The molecular weight excluding hydrogens is 911 g/mol. The molecule has 1 atom stereocenters. The van der Waals surface area contributed by atoms with Crippen LogP contribution in [0.25, 0.3) is 0 Å². The first kappa shape index (κ1) is 61.9. The van der Waals surface area contributed by atoms with Crippen molar-refractivity contribution in [2.24, 2.45) is 0 Å². The van der Waals surface area contributed by atoms with E-state index in [0.717, 1.165) is 4.90 Å². The highest BCUT2D eigenvalue weighted by molar-refractivity contribution is 6.12. The lowest BCUT2D eigenvalue weighted by atomic mass is 10.1. The summed E-state index contributed by atoms with van der Waals surface area (Å²) in [5.41, 5.74) is -0.726. The minimum atomic E-state index is -1.03. The van der Waals surface area contributed by atoms with Gasteiger partial charge in [-0.2, -0.15) is 0 Å². The molecule has 69 heavy (non-hydrogen) atoms. The van der Waals surface area contributed by atoms with Crippen LogP contribution in [-0.2, 0) is 90.3 Å². The van der Waals surface area contributed by atoms with Crippen molar-refractivity contribution in [1.82, 2.24) is 15.1 Å². The third kappa shape index (κ3) is 36.4. The van der Waals surface area contributed by atoms with Gasteiger partial charge in [0.1, 0.15) is 11.6 Å². The number of hydrogen-bond donors (Lipinski definition) is 1. The number of esters is 1. The van der Waals surface area contributed by atoms with E-state index < -0.39 is 23.5 Å². The molecule has 1 fully saturated rings. The Labute approximate surface area is 408 Å². The standard InChI is InChI=1S/C47H83N3O19/c1-47(2,3)69-45(54)11-8-41(48-42(51)7-5-4-6-12-50-43(52)9-10-44(50)53)46(55)49-13-15-56-17-19-58-21-23-60-25-27-62-29-31-64-33-35-66-37-39-68-40-38-67-36-34-65-32-30-63-28-26-61-24-22-59-20-18-57-16-14-49/h9-10,41H,4-8,11-40H2,1-3H3,(H,48,51)/t41-/m0/s1. The molecule has 0 spiro atoms. The number of amides is 4. The van der Waals surface area contributed by atoms with Crippen molar-refractivity contribution in [2.75, 3.05) is 191 Å². The highest BCUT2D eigenvalue weighted by Gasteiger charge is 2.28. The Morgan fingerprint density at radius 1 is 0.493 bits per heavy atom. The van der Waals surface area contributed by atoms with E-state index in [2.05, 4.69) is 5.32 Å². The molecule has 0 aliphatic carbocycles. The quantitative estimate of drug-likeness (QED) is 0.174. The lowest BCUT2D eigenvalue weighted by molar-refractivity contribution is -0.155. The zero-order valence-electron chi connectivity index (χ0n) is 41.6. The van der Waals surface area contributed by atoms with Crippen LogP contribution in [0.5, 0.6) is 0 Å². The van der Waals surface area contributed by atoms with Crippen molar-refractivity contribution in [1.29, 1.82) is 0 Å². The van der Waals surface area contributed by atoms with Crippen molar-refractivity contribution < 1.29 is 90.3 Å². The molecule has 0 aromatic rings. The molecule has 1 N–H and O–H groups in total. The first-order chi connectivity index (χ1) is 33.6. The minimum Gasteiger partial charge on any atom is -0.460 e. The van der Waals surface area contributed by atoms with E-state index in [0.29, 0.717) is 165 Å². The van der Waals surface area contributed by atoms with E-state index in [1.165, 1.54) is 12.2 Å². The fraction of sp³-hybridized carbons (Fsp3) is 0.851. The van der Waals surface area contributed by atoms with Gasteiger partial charge >= 0.3 is 5.97 Å². The zero-order chi connectivity index (χ0) is 49.9. The summed E-state index contributed by atoms with van der Waals surface area (Å²) in [4.78, 5) is 66.5. The van der Waals surface area contributed by atoms with Crippen LogP contribution in [0.15, 0.2) is 12.2 Å². The Morgan fingerprint density at radius 2 is 0.812 bits per heavy atom. The first-order valence-electron chi connectivity index (χ1n) is 24.4. The Kier molecular flexibility index (Phi) is 38.1. The molecule has 400 valence electrons. The number of ether oxygens (including phenoxy) is 14. The molecule has 2 aliphatic rings. The topological polar surface area (TPSA) is 233 Å². The van der Waals surface area contributed by atoms with E-state index in [4.69, 9.17) is 66.3 Å². The number of nitrogens with zero attached hydrogens (tertiary/aromatic N) is 2. The van der Waals surface area contributed by atoms with Gasteiger partial charge in [-0.25, -0.2) is 0 Å². The van der Waals surface area contributed by atoms with E-state index >= 15 is 0 Å². The number of nitrogens with one attached hydrogen (secondary N) is 1. The van der Waals surface area contributed by atoms with Gasteiger partial charge in [0, 0.05) is 44.6 Å². The number of unbranched alkanes of at least 4 members (excludes halogenated alkanes) is 2. The predicted molar refractivity (Wildman–Crippen MR) is 249 cm³/mol. The third-order valence-corrected chi connectivity index (χ3v) is 9.66. The molecule has 0 radical (unpaired) electrons. The average Bonchev–Trinajstić information content (AvgIpc) is 3.64. The smallest absolute Gasteiger partial charge is 0.306 e. The van der Waals surface area contributed by atoms with Crippen molar-refractivity contribution in [3.05, 3.63) is 12.2 Å². The molecule has 2 heterocycles. The third-order valence-electron chi connectivity index (χ3n) is 9.66. The van der Waals surface area contributed by atoms with Gasteiger partial charge < -0.3 is 76.5 Å². The average molecular weight is 994 g/mol. The molecule has 2 rings (SSSR count). The molecule has 1 saturated heterocycles. The Bertz CT molecular complexity index is 1310. The van der Waals surface area contributed by atoms with Crippen molar-refractivity contribution in [2.45, 2.75) is 70.9 Å². The first-order valence-corrected chi connectivity index (χ1v) is 24.4. The summed E-state index contributed by atoms with van der Waals surface area (Å²) in [6.07, 6.45) is 4.07. The summed E-state index contributed by atoms with van der Waals surface area (Å²) in [5, 5.41) is 2.84. The Morgan fingerprint density at radius 3 is 1.13 bits per heavy atom. The van der Waals surface area contributed by atoms with E-state index in [9.17, 15) is 24.0 Å². The van der Waals surface area contributed by atoms with Crippen LogP contribution in [0.2, 0.25) is 0 Å². The fourth-order valence-corrected chi connectivity index (χ4v) is 6.21. The van der Waals surface area contributed by atoms with Crippen LogP contribution in [0.4, 0.5) is 0 Å². The van der Waals surface area contributed by atoms with Crippen LogP contribution in [0, 0.1) is 0 Å². The normalized spacial score (nSPS) is 20.8. The van der Waals surface area contributed by atoms with Crippen LogP contribution in [0.1, 0.15) is 59.3 Å². The predicted octanol–water partition coefficient (Wildman–Crippen LogP) is 1.14. The van der Waals surface area contributed by atoms with Gasteiger partial charge in [0.2, 0.25) is 11.8 Å². The molecular formula is C47H83N3O19. The number of rotatable bonds is 11. The van der Waals surface area contributed by atoms with Crippen molar-refractivity contribution in [3.63, 3.8) is 0 Å². The molecule has 0 aromatic carbocycles. The van der Waals surface area contributed by atoms with Gasteiger partial charge in [0.25, 0.3) is 11.8 Å². The maximum atomic E-state index is 14.2. The number of imide groups is 1. The molecule has 0 saturated carbocycles. The van der Waals surface area contributed by atoms with Gasteiger partial charge in [0.05, 0.1) is 172 Å².